The molecule has 0 aliphatic heterocycles. The summed E-state index contributed by atoms with van der Waals surface area (Å²) < 4.78 is 5.08. The predicted molar refractivity (Wildman–Crippen MR) is 75.9 cm³/mol. The van der Waals surface area contributed by atoms with Gasteiger partial charge in [0.25, 0.3) is 5.91 Å². The number of hydrazone groups is 1. The molecule has 2 N–H and O–H groups in total. The van der Waals surface area contributed by atoms with Crippen LogP contribution in [0.1, 0.15) is 21.7 Å². The van der Waals surface area contributed by atoms with Crippen LogP contribution in [0.2, 0.25) is 0 Å². The number of rotatable bonds is 4. The van der Waals surface area contributed by atoms with Crippen molar-refractivity contribution in [3.8, 4) is 11.8 Å². The van der Waals surface area contributed by atoms with Gasteiger partial charge in [0.2, 0.25) is 0 Å². The lowest BCUT2D eigenvalue weighted by Gasteiger charge is -2.03. The topological polar surface area (TPSA) is 103 Å². The number of carbonyl (C=O) groups excluding carboxylic acids is 1. The van der Waals surface area contributed by atoms with Crippen LogP contribution >= 0.6 is 0 Å². The minimum absolute atomic E-state index is 0.0791. The Labute approximate surface area is 121 Å². The van der Waals surface area contributed by atoms with Crippen LogP contribution in [0.15, 0.2) is 35.7 Å². The van der Waals surface area contributed by atoms with Crippen LogP contribution in [0.5, 0.6) is 5.75 Å². The minimum Gasteiger partial charge on any atom is -0.497 e. The van der Waals surface area contributed by atoms with E-state index in [1.54, 1.807) is 31.2 Å². The van der Waals surface area contributed by atoms with Crippen LogP contribution in [-0.4, -0.2) is 28.7 Å². The number of H-pyrrole nitrogens is 1. The number of aryl methyl sites for hydroxylation is 1. The van der Waals surface area contributed by atoms with E-state index in [0.717, 1.165) is 0 Å². The van der Waals surface area contributed by atoms with E-state index in [2.05, 4.69) is 20.5 Å². The van der Waals surface area contributed by atoms with Crippen molar-refractivity contribution in [2.45, 2.75) is 6.92 Å². The average molecular weight is 283 g/mol. The number of aromatic amines is 1. The molecule has 0 fully saturated rings. The number of hydrogen-bond donors (Lipinski definition) is 2. The third-order valence-corrected chi connectivity index (χ3v) is 2.76. The second-order valence-corrected chi connectivity index (χ2v) is 4.12. The van der Waals surface area contributed by atoms with Crippen LogP contribution in [0.3, 0.4) is 0 Å². The van der Waals surface area contributed by atoms with Crippen LogP contribution < -0.4 is 10.2 Å². The lowest BCUT2D eigenvalue weighted by atomic mass is 10.1. The van der Waals surface area contributed by atoms with Gasteiger partial charge in [-0.1, -0.05) is 12.1 Å². The number of amides is 1. The summed E-state index contributed by atoms with van der Waals surface area (Å²) >= 11 is 0. The second-order valence-electron chi connectivity index (χ2n) is 4.12. The first-order chi connectivity index (χ1) is 10.2. The molecule has 21 heavy (non-hydrogen) atoms. The molecule has 0 aliphatic rings. The molecular formula is C14H13N5O2. The molecule has 1 heterocycles. The van der Waals surface area contributed by atoms with Crippen LogP contribution in [0.25, 0.3) is 0 Å². The number of nitrogens with one attached hydrogen (secondary N) is 2. The summed E-state index contributed by atoms with van der Waals surface area (Å²) in [5.74, 6) is 0.120. The number of hydrogen-bond acceptors (Lipinski definition) is 5. The smallest absolute Gasteiger partial charge is 0.291 e. The summed E-state index contributed by atoms with van der Waals surface area (Å²) in [4.78, 5) is 18.5. The van der Waals surface area contributed by atoms with Gasteiger partial charge in [0.1, 0.15) is 11.8 Å². The maximum Gasteiger partial charge on any atom is 0.291 e. The Hall–Kier alpha value is -3.14. The Morgan fingerprint density at radius 3 is 2.95 bits per heavy atom. The molecule has 0 saturated heterocycles. The number of methoxy groups -OCH3 is 1. The highest BCUT2D eigenvalue weighted by Gasteiger charge is 2.11. The van der Waals surface area contributed by atoms with E-state index < -0.39 is 5.91 Å². The number of aromatic nitrogens is 2. The lowest BCUT2D eigenvalue weighted by molar-refractivity contribution is 0.0950. The highest BCUT2D eigenvalue weighted by Crippen LogP contribution is 2.13. The van der Waals surface area contributed by atoms with Gasteiger partial charge in [-0.15, -0.1) is 0 Å². The molecule has 2 aromatic rings. The van der Waals surface area contributed by atoms with Crippen LogP contribution in [0.4, 0.5) is 0 Å². The number of benzene rings is 1. The monoisotopic (exact) mass is 283 g/mol. The minimum atomic E-state index is -0.482. The average Bonchev–Trinajstić information content (AvgIpc) is 2.94. The molecule has 106 valence electrons. The standard InChI is InChI=1S/C14H13N5O2/c1-9-13(17-8-16-9)14(20)19-18-12(7-15)10-4-3-5-11(6-10)21-2/h3-6,8H,1-2H3,(H,16,17)(H,19,20)/b18-12-. The number of carbonyl (C=O) groups is 1. The molecule has 0 saturated carbocycles. The Morgan fingerprint density at radius 1 is 1.52 bits per heavy atom. The molecule has 0 aliphatic carbocycles. The summed E-state index contributed by atoms with van der Waals surface area (Å²) in [5, 5.41) is 13.0. The van der Waals surface area contributed by atoms with Gasteiger partial charge in [0, 0.05) is 11.3 Å². The molecule has 0 bridgehead atoms. The third-order valence-electron chi connectivity index (χ3n) is 2.76. The van der Waals surface area contributed by atoms with Gasteiger partial charge in [0.15, 0.2) is 11.4 Å². The summed E-state index contributed by atoms with van der Waals surface area (Å²) in [6.07, 6.45) is 1.42. The van der Waals surface area contributed by atoms with Gasteiger partial charge in [-0.3, -0.25) is 4.79 Å². The van der Waals surface area contributed by atoms with Crippen LogP contribution in [-0.2, 0) is 0 Å². The first-order valence-corrected chi connectivity index (χ1v) is 6.08. The van der Waals surface area contributed by atoms with E-state index >= 15 is 0 Å². The maximum absolute atomic E-state index is 11.9. The highest BCUT2D eigenvalue weighted by molar-refractivity contribution is 6.12. The first kappa shape index (κ1) is 14.3. The van der Waals surface area contributed by atoms with E-state index in [1.807, 2.05) is 6.07 Å². The molecule has 0 unspecified atom stereocenters. The molecule has 0 radical (unpaired) electrons. The SMILES string of the molecule is COc1cccc(/C(C#N)=N\NC(=O)c2nc[nH]c2C)c1. The zero-order valence-electron chi connectivity index (χ0n) is 11.5. The quantitative estimate of drug-likeness (QED) is 0.653. The number of nitriles is 1. The second kappa shape index (κ2) is 6.34. The van der Waals surface area contributed by atoms with Gasteiger partial charge in [-0.05, 0) is 19.1 Å². The molecule has 0 spiro atoms. The molecule has 1 aromatic carbocycles. The molecule has 7 heteroatoms. The van der Waals surface area contributed by atoms with Crippen molar-refractivity contribution in [3.05, 3.63) is 47.5 Å². The molecular weight excluding hydrogens is 270 g/mol. The van der Waals surface area contributed by atoms with Crippen molar-refractivity contribution in [3.63, 3.8) is 0 Å². The Kier molecular flexibility index (Phi) is 4.31. The number of imidazole rings is 1. The van der Waals surface area contributed by atoms with E-state index in [0.29, 0.717) is 17.0 Å². The largest absolute Gasteiger partial charge is 0.497 e. The summed E-state index contributed by atoms with van der Waals surface area (Å²) in [6, 6.07) is 8.79. The molecule has 7 nitrogen and oxygen atoms in total. The zero-order valence-corrected chi connectivity index (χ0v) is 11.5. The van der Waals surface area contributed by atoms with Crippen molar-refractivity contribution in [2.24, 2.45) is 5.10 Å². The van der Waals surface area contributed by atoms with Gasteiger partial charge >= 0.3 is 0 Å². The summed E-state index contributed by atoms with van der Waals surface area (Å²) in [7, 11) is 1.53. The van der Waals surface area contributed by atoms with Crippen molar-refractivity contribution in [2.75, 3.05) is 7.11 Å². The lowest BCUT2D eigenvalue weighted by Crippen LogP contribution is -2.21. The van der Waals surface area contributed by atoms with Gasteiger partial charge in [-0.25, -0.2) is 10.4 Å². The fourth-order valence-corrected chi connectivity index (χ4v) is 1.67. The molecule has 2 rings (SSSR count). The Balaban J connectivity index is 2.20. The van der Waals surface area contributed by atoms with E-state index in [9.17, 15) is 4.79 Å². The van der Waals surface area contributed by atoms with Crippen molar-refractivity contribution < 1.29 is 9.53 Å². The Morgan fingerprint density at radius 2 is 2.33 bits per heavy atom. The normalized spacial score (nSPS) is 10.8. The Bertz CT molecular complexity index is 727. The van der Waals surface area contributed by atoms with Crippen LogP contribution in [0, 0.1) is 18.3 Å². The molecule has 0 atom stereocenters. The number of ether oxygens (including phenoxy) is 1. The summed E-state index contributed by atoms with van der Waals surface area (Å²) in [5.41, 5.74) is 3.81. The molecule has 1 amide bonds. The van der Waals surface area contributed by atoms with Crippen molar-refractivity contribution >= 4 is 11.6 Å². The predicted octanol–water partition coefficient (Wildman–Crippen LogP) is 1.38. The van der Waals surface area contributed by atoms with Crippen molar-refractivity contribution in [1.29, 1.82) is 5.26 Å². The summed E-state index contributed by atoms with van der Waals surface area (Å²) in [6.45, 7) is 1.72. The fraction of sp³-hybridized carbons (Fsp3) is 0.143. The highest BCUT2D eigenvalue weighted by atomic mass is 16.5. The van der Waals surface area contributed by atoms with Gasteiger partial charge in [-0.2, -0.15) is 10.4 Å². The fourth-order valence-electron chi connectivity index (χ4n) is 1.67. The van der Waals surface area contributed by atoms with E-state index in [-0.39, 0.29) is 11.4 Å². The van der Waals surface area contributed by atoms with Gasteiger partial charge in [0.05, 0.1) is 13.4 Å². The zero-order chi connectivity index (χ0) is 15.2. The van der Waals surface area contributed by atoms with Gasteiger partial charge < -0.3 is 9.72 Å². The van der Waals surface area contributed by atoms with E-state index in [4.69, 9.17) is 10.00 Å². The maximum atomic E-state index is 11.9. The first-order valence-electron chi connectivity index (χ1n) is 6.08. The van der Waals surface area contributed by atoms with E-state index in [1.165, 1.54) is 13.4 Å². The molecule has 1 aromatic heterocycles. The third kappa shape index (κ3) is 3.25. The van der Waals surface area contributed by atoms with Crippen molar-refractivity contribution in [1.82, 2.24) is 15.4 Å². The number of nitrogens with zero attached hydrogens (tertiary/aromatic N) is 3.